The van der Waals surface area contributed by atoms with Crippen molar-refractivity contribution in [2.45, 2.75) is 38.9 Å². The van der Waals surface area contributed by atoms with E-state index in [2.05, 4.69) is 75.1 Å². The van der Waals surface area contributed by atoms with Crippen LogP contribution in [-0.2, 0) is 0 Å². The van der Waals surface area contributed by atoms with Crippen LogP contribution < -0.4 is 5.32 Å². The van der Waals surface area contributed by atoms with E-state index >= 15 is 0 Å². The van der Waals surface area contributed by atoms with E-state index < -0.39 is 0 Å². The van der Waals surface area contributed by atoms with E-state index in [1.165, 1.54) is 18.4 Å². The zero-order chi connectivity index (χ0) is 14.7. The van der Waals surface area contributed by atoms with Gasteiger partial charge in [-0.15, -0.1) is 0 Å². The molecule has 2 nitrogen and oxygen atoms in total. The molecule has 1 N–H and O–H groups in total. The molecule has 1 aromatic rings. The van der Waals surface area contributed by atoms with Crippen molar-refractivity contribution in [2.24, 2.45) is 10.9 Å². The third kappa shape index (κ3) is 3.80. The van der Waals surface area contributed by atoms with E-state index in [4.69, 9.17) is 0 Å². The Morgan fingerprint density at radius 3 is 2.45 bits per heavy atom. The third-order valence-corrected chi connectivity index (χ3v) is 6.21. The zero-order valence-electron chi connectivity index (χ0n) is 12.0. The molecular formula is C15H20Br2N2S. The van der Waals surface area contributed by atoms with Gasteiger partial charge in [0, 0.05) is 14.2 Å². The maximum atomic E-state index is 4.66. The molecule has 1 aromatic carbocycles. The summed E-state index contributed by atoms with van der Waals surface area (Å²) in [5.41, 5.74) is 2.29. The molecule has 0 fully saturated rings. The number of hydrogen-bond acceptors (Lipinski definition) is 3. The quantitative estimate of drug-likeness (QED) is 0.662. The second-order valence-electron chi connectivity index (χ2n) is 5.11. The number of amidine groups is 1. The van der Waals surface area contributed by atoms with Crippen molar-refractivity contribution in [1.82, 2.24) is 0 Å². The number of thioether (sulfide) groups is 1. The minimum Gasteiger partial charge on any atom is -0.333 e. The number of benzene rings is 1. The van der Waals surface area contributed by atoms with E-state index in [9.17, 15) is 0 Å². The first-order chi connectivity index (χ1) is 9.55. The average molecular weight is 420 g/mol. The third-order valence-electron chi connectivity index (χ3n) is 3.67. The fourth-order valence-electron chi connectivity index (χ4n) is 2.45. The maximum Gasteiger partial charge on any atom is 0.161 e. The smallest absolute Gasteiger partial charge is 0.161 e. The van der Waals surface area contributed by atoms with Crippen LogP contribution in [0.15, 0.2) is 26.1 Å². The molecule has 0 aliphatic carbocycles. The second kappa shape index (κ2) is 7.32. The Labute approximate surface area is 142 Å². The molecule has 0 radical (unpaired) electrons. The van der Waals surface area contributed by atoms with Crippen LogP contribution in [0.25, 0.3) is 0 Å². The molecule has 2 rings (SSSR count). The summed E-state index contributed by atoms with van der Waals surface area (Å²) < 4.78 is 2.14. The fourth-order valence-corrected chi connectivity index (χ4v) is 5.38. The molecule has 0 saturated carbocycles. The van der Waals surface area contributed by atoms with Gasteiger partial charge in [0.2, 0.25) is 0 Å². The lowest BCUT2D eigenvalue weighted by Gasteiger charge is -2.19. The van der Waals surface area contributed by atoms with Crippen molar-refractivity contribution in [2.75, 3.05) is 11.9 Å². The van der Waals surface area contributed by atoms with E-state index in [0.29, 0.717) is 5.25 Å². The van der Waals surface area contributed by atoms with Crippen LogP contribution in [0.1, 0.15) is 32.3 Å². The van der Waals surface area contributed by atoms with Crippen LogP contribution in [0, 0.1) is 12.8 Å². The molecule has 1 heterocycles. The zero-order valence-corrected chi connectivity index (χ0v) is 16.0. The Kier molecular flexibility index (Phi) is 5.99. The van der Waals surface area contributed by atoms with Crippen molar-refractivity contribution < 1.29 is 0 Å². The monoisotopic (exact) mass is 418 g/mol. The summed E-state index contributed by atoms with van der Waals surface area (Å²) >= 11 is 9.12. The number of aryl methyl sites for hydroxylation is 1. The SMILES string of the molecule is CCC(CC)C1CN=C(Nc2c(Br)cc(C)cc2Br)S1. The van der Waals surface area contributed by atoms with Gasteiger partial charge in [-0.25, -0.2) is 0 Å². The van der Waals surface area contributed by atoms with Crippen molar-refractivity contribution in [3.63, 3.8) is 0 Å². The van der Waals surface area contributed by atoms with Crippen molar-refractivity contribution in [3.05, 3.63) is 26.6 Å². The molecule has 1 aliphatic rings. The van der Waals surface area contributed by atoms with Crippen LogP contribution in [0.2, 0.25) is 0 Å². The predicted molar refractivity (Wildman–Crippen MR) is 98.0 cm³/mol. The van der Waals surface area contributed by atoms with Gasteiger partial charge in [-0.3, -0.25) is 4.99 Å². The number of hydrogen-bond donors (Lipinski definition) is 1. The number of aliphatic imine (C=N–C) groups is 1. The minimum absolute atomic E-state index is 0.621. The number of anilines is 1. The average Bonchev–Trinajstić information content (AvgIpc) is 2.84. The van der Waals surface area contributed by atoms with Crippen LogP contribution >= 0.6 is 43.6 Å². The normalized spacial score (nSPS) is 18.5. The lowest BCUT2D eigenvalue weighted by Crippen LogP contribution is -2.17. The van der Waals surface area contributed by atoms with Crippen molar-refractivity contribution in [1.29, 1.82) is 0 Å². The van der Waals surface area contributed by atoms with Crippen molar-refractivity contribution >= 4 is 54.5 Å². The lowest BCUT2D eigenvalue weighted by molar-refractivity contribution is 0.479. The van der Waals surface area contributed by atoms with Gasteiger partial charge in [0.25, 0.3) is 0 Å². The van der Waals surface area contributed by atoms with E-state index in [-0.39, 0.29) is 0 Å². The summed E-state index contributed by atoms with van der Waals surface area (Å²) in [7, 11) is 0. The summed E-state index contributed by atoms with van der Waals surface area (Å²) in [6.07, 6.45) is 2.46. The Morgan fingerprint density at radius 1 is 1.30 bits per heavy atom. The molecule has 0 bridgehead atoms. The topological polar surface area (TPSA) is 24.4 Å². The highest BCUT2D eigenvalue weighted by Crippen LogP contribution is 2.36. The van der Waals surface area contributed by atoms with E-state index in [1.54, 1.807) is 0 Å². The van der Waals surface area contributed by atoms with E-state index in [0.717, 1.165) is 32.3 Å². The summed E-state index contributed by atoms with van der Waals surface area (Å²) in [6, 6.07) is 4.23. The van der Waals surface area contributed by atoms with Crippen LogP contribution in [0.5, 0.6) is 0 Å². The van der Waals surface area contributed by atoms with Gasteiger partial charge in [0.15, 0.2) is 5.17 Å². The summed E-state index contributed by atoms with van der Waals surface area (Å²) in [5.74, 6) is 0.757. The predicted octanol–water partition coefficient (Wildman–Crippen LogP) is 5.84. The van der Waals surface area contributed by atoms with Crippen LogP contribution in [0.3, 0.4) is 0 Å². The van der Waals surface area contributed by atoms with Gasteiger partial charge in [-0.2, -0.15) is 0 Å². The molecule has 0 aromatic heterocycles. The second-order valence-corrected chi connectivity index (χ2v) is 8.04. The highest BCUT2D eigenvalue weighted by molar-refractivity contribution is 9.11. The molecule has 1 atom stereocenters. The van der Waals surface area contributed by atoms with Gasteiger partial charge in [0.1, 0.15) is 0 Å². The van der Waals surface area contributed by atoms with Crippen molar-refractivity contribution in [3.8, 4) is 0 Å². The van der Waals surface area contributed by atoms with E-state index in [1.807, 2.05) is 11.8 Å². The van der Waals surface area contributed by atoms with Gasteiger partial charge < -0.3 is 5.32 Å². The number of nitrogens with one attached hydrogen (secondary N) is 1. The first kappa shape index (κ1) is 16.4. The molecule has 1 unspecified atom stereocenters. The molecule has 1 aliphatic heterocycles. The first-order valence-electron chi connectivity index (χ1n) is 6.98. The molecule has 0 spiro atoms. The Morgan fingerprint density at radius 2 is 1.90 bits per heavy atom. The standard InChI is InChI=1S/C15H20Br2N2S/c1-4-10(5-2)13-8-18-15(20-13)19-14-11(16)6-9(3)7-12(14)17/h6-7,10,13H,4-5,8H2,1-3H3,(H,18,19). The molecule has 20 heavy (non-hydrogen) atoms. The summed E-state index contributed by atoms with van der Waals surface area (Å²) in [4.78, 5) is 4.66. The Balaban J connectivity index is 2.06. The number of nitrogens with zero attached hydrogens (tertiary/aromatic N) is 1. The number of halogens is 2. The minimum atomic E-state index is 0.621. The largest absolute Gasteiger partial charge is 0.333 e. The molecule has 0 amide bonds. The lowest BCUT2D eigenvalue weighted by atomic mass is 9.99. The summed E-state index contributed by atoms with van der Waals surface area (Å²) in [5, 5.41) is 5.11. The first-order valence-corrected chi connectivity index (χ1v) is 9.45. The number of rotatable bonds is 4. The Hall–Kier alpha value is -0.000000000000000111. The van der Waals surface area contributed by atoms with Gasteiger partial charge in [0.05, 0.1) is 12.2 Å². The van der Waals surface area contributed by atoms with Gasteiger partial charge in [-0.05, 0) is 62.4 Å². The van der Waals surface area contributed by atoms with Crippen LogP contribution in [-0.4, -0.2) is 17.0 Å². The highest BCUT2D eigenvalue weighted by Gasteiger charge is 2.26. The molecule has 110 valence electrons. The molecular weight excluding hydrogens is 400 g/mol. The maximum absolute atomic E-state index is 4.66. The Bertz CT molecular complexity index is 490. The highest BCUT2D eigenvalue weighted by atomic mass is 79.9. The van der Waals surface area contributed by atoms with Gasteiger partial charge >= 0.3 is 0 Å². The van der Waals surface area contributed by atoms with Gasteiger partial charge in [-0.1, -0.05) is 38.5 Å². The molecule has 0 saturated heterocycles. The molecule has 5 heteroatoms. The summed E-state index contributed by atoms with van der Waals surface area (Å²) in [6.45, 7) is 7.56. The fraction of sp³-hybridized carbons (Fsp3) is 0.533. The van der Waals surface area contributed by atoms with Crippen LogP contribution in [0.4, 0.5) is 5.69 Å².